The molecule has 0 aromatic rings. The van der Waals surface area contributed by atoms with Gasteiger partial charge in [-0.15, -0.1) is 0 Å². The summed E-state index contributed by atoms with van der Waals surface area (Å²) in [6.07, 6.45) is 4.97. The maximum atomic E-state index is 11.9. The third-order valence-electron chi connectivity index (χ3n) is 3.24. The van der Waals surface area contributed by atoms with E-state index < -0.39 is 15.6 Å². The van der Waals surface area contributed by atoms with Crippen LogP contribution in [0.3, 0.4) is 0 Å². The molecule has 4 nitrogen and oxygen atoms in total. The molecule has 90 valence electrons. The maximum absolute atomic E-state index is 11.9. The molecule has 1 saturated carbocycles. The van der Waals surface area contributed by atoms with Gasteiger partial charge >= 0.3 is 0 Å². The lowest BCUT2D eigenvalue weighted by Gasteiger charge is -2.34. The summed E-state index contributed by atoms with van der Waals surface area (Å²) in [6.45, 7) is 2.35. The molecule has 0 unspecified atom stereocenters. The van der Waals surface area contributed by atoms with Crippen LogP contribution in [-0.2, 0) is 10.0 Å². The van der Waals surface area contributed by atoms with Gasteiger partial charge in [-0.2, -0.15) is 0 Å². The highest BCUT2D eigenvalue weighted by molar-refractivity contribution is 7.89. The van der Waals surface area contributed by atoms with E-state index >= 15 is 0 Å². The summed E-state index contributed by atoms with van der Waals surface area (Å²) in [5.41, 5.74) is 5.65. The van der Waals surface area contributed by atoms with Crippen LogP contribution < -0.4 is 5.73 Å². The van der Waals surface area contributed by atoms with Crippen LogP contribution in [0.2, 0.25) is 0 Å². The van der Waals surface area contributed by atoms with Gasteiger partial charge in [-0.3, -0.25) is 0 Å². The van der Waals surface area contributed by atoms with E-state index in [4.69, 9.17) is 5.73 Å². The molecule has 0 aromatic carbocycles. The summed E-state index contributed by atoms with van der Waals surface area (Å²) in [6, 6.07) is 0. The van der Waals surface area contributed by atoms with Crippen LogP contribution >= 0.6 is 0 Å². The van der Waals surface area contributed by atoms with Gasteiger partial charge in [0.15, 0.2) is 0 Å². The molecular formula is C10H22N2O2S. The number of hydrogen-bond acceptors (Lipinski definition) is 3. The molecule has 0 heterocycles. The first-order valence-corrected chi connectivity index (χ1v) is 7.23. The Labute approximate surface area is 92.9 Å². The van der Waals surface area contributed by atoms with Crippen molar-refractivity contribution in [2.24, 2.45) is 5.73 Å². The standard InChI is InChI=1S/C10H22N2O2S/c1-3-12(2)15(13,14)9-10(11)7-5-4-6-8-10/h3-9,11H2,1-2H3. The molecule has 5 heteroatoms. The minimum atomic E-state index is -3.16. The molecule has 0 atom stereocenters. The minimum Gasteiger partial charge on any atom is -0.324 e. The first kappa shape index (κ1) is 12.9. The van der Waals surface area contributed by atoms with Crippen LogP contribution in [0.4, 0.5) is 0 Å². The van der Waals surface area contributed by atoms with Gasteiger partial charge in [0.05, 0.1) is 5.75 Å². The summed E-state index contributed by atoms with van der Waals surface area (Å²) < 4.78 is 25.1. The van der Waals surface area contributed by atoms with Crippen molar-refractivity contribution in [3.8, 4) is 0 Å². The highest BCUT2D eigenvalue weighted by Gasteiger charge is 2.34. The van der Waals surface area contributed by atoms with Crippen molar-refractivity contribution in [1.29, 1.82) is 0 Å². The Morgan fingerprint density at radius 1 is 1.27 bits per heavy atom. The Hall–Kier alpha value is -0.130. The topological polar surface area (TPSA) is 63.4 Å². The molecule has 2 N–H and O–H groups in total. The second-order valence-electron chi connectivity index (χ2n) is 4.59. The molecule has 1 aliphatic carbocycles. The van der Waals surface area contributed by atoms with E-state index in [-0.39, 0.29) is 5.75 Å². The van der Waals surface area contributed by atoms with Gasteiger partial charge in [-0.25, -0.2) is 12.7 Å². The number of sulfonamides is 1. The molecule has 0 amide bonds. The van der Waals surface area contributed by atoms with Crippen molar-refractivity contribution >= 4 is 10.0 Å². The SMILES string of the molecule is CCN(C)S(=O)(=O)CC1(N)CCCCC1. The van der Waals surface area contributed by atoms with Crippen molar-refractivity contribution < 1.29 is 8.42 Å². The van der Waals surface area contributed by atoms with Crippen molar-refractivity contribution in [3.05, 3.63) is 0 Å². The van der Waals surface area contributed by atoms with Crippen LogP contribution in [0.5, 0.6) is 0 Å². The molecule has 0 radical (unpaired) electrons. The third-order valence-corrected chi connectivity index (χ3v) is 5.39. The zero-order valence-electron chi connectivity index (χ0n) is 9.70. The van der Waals surface area contributed by atoms with Gasteiger partial charge in [0.2, 0.25) is 10.0 Å². The van der Waals surface area contributed by atoms with Gasteiger partial charge in [0, 0.05) is 19.1 Å². The van der Waals surface area contributed by atoms with Crippen LogP contribution in [0.25, 0.3) is 0 Å². The van der Waals surface area contributed by atoms with E-state index in [2.05, 4.69) is 0 Å². The van der Waals surface area contributed by atoms with Gasteiger partial charge in [-0.05, 0) is 12.8 Å². The zero-order chi connectivity index (χ0) is 11.5. The Bertz CT molecular complexity index is 295. The number of rotatable bonds is 4. The molecule has 0 bridgehead atoms. The average molecular weight is 234 g/mol. The number of hydrogen-bond donors (Lipinski definition) is 1. The van der Waals surface area contributed by atoms with Crippen LogP contribution in [0, 0.1) is 0 Å². The molecule has 0 aromatic heterocycles. The maximum Gasteiger partial charge on any atom is 0.215 e. The van der Waals surface area contributed by atoms with Crippen LogP contribution in [0.1, 0.15) is 39.0 Å². The smallest absolute Gasteiger partial charge is 0.215 e. The lowest BCUT2D eigenvalue weighted by atomic mass is 9.84. The molecule has 0 saturated heterocycles. The van der Waals surface area contributed by atoms with E-state index in [0.717, 1.165) is 25.7 Å². The predicted octanol–water partition coefficient (Wildman–Crippen LogP) is 0.929. The zero-order valence-corrected chi connectivity index (χ0v) is 10.5. The second kappa shape index (κ2) is 4.80. The Morgan fingerprint density at radius 2 is 1.80 bits per heavy atom. The van der Waals surface area contributed by atoms with Gasteiger partial charge in [-0.1, -0.05) is 26.2 Å². The molecule has 15 heavy (non-hydrogen) atoms. The highest BCUT2D eigenvalue weighted by Crippen LogP contribution is 2.27. The molecule has 0 spiro atoms. The van der Waals surface area contributed by atoms with Crippen LogP contribution in [-0.4, -0.2) is 37.6 Å². The monoisotopic (exact) mass is 234 g/mol. The number of nitrogens with two attached hydrogens (primary N) is 1. The normalized spacial score (nSPS) is 21.9. The fourth-order valence-corrected chi connectivity index (χ4v) is 3.70. The van der Waals surface area contributed by atoms with Crippen molar-refractivity contribution in [1.82, 2.24) is 4.31 Å². The molecule has 1 fully saturated rings. The largest absolute Gasteiger partial charge is 0.324 e. The highest BCUT2D eigenvalue weighted by atomic mass is 32.2. The number of nitrogens with zero attached hydrogens (tertiary/aromatic N) is 1. The summed E-state index contributed by atoms with van der Waals surface area (Å²) >= 11 is 0. The van der Waals surface area contributed by atoms with Gasteiger partial charge in [0.1, 0.15) is 0 Å². The van der Waals surface area contributed by atoms with Crippen molar-refractivity contribution in [3.63, 3.8) is 0 Å². The Morgan fingerprint density at radius 3 is 2.27 bits per heavy atom. The summed E-state index contributed by atoms with van der Waals surface area (Å²) in [4.78, 5) is 0. The lowest BCUT2D eigenvalue weighted by Crippen LogP contribution is -2.50. The molecule has 0 aliphatic heterocycles. The first-order chi connectivity index (χ1) is 6.90. The summed E-state index contributed by atoms with van der Waals surface area (Å²) in [5, 5.41) is 0. The van der Waals surface area contributed by atoms with Crippen LogP contribution in [0.15, 0.2) is 0 Å². The van der Waals surface area contributed by atoms with E-state index in [1.165, 1.54) is 10.7 Å². The Kier molecular flexibility index (Phi) is 4.14. The van der Waals surface area contributed by atoms with Gasteiger partial charge < -0.3 is 5.73 Å². The van der Waals surface area contributed by atoms with Gasteiger partial charge in [0.25, 0.3) is 0 Å². The fraction of sp³-hybridized carbons (Fsp3) is 1.00. The Balaban J connectivity index is 2.67. The minimum absolute atomic E-state index is 0.102. The first-order valence-electron chi connectivity index (χ1n) is 5.62. The van der Waals surface area contributed by atoms with Crippen molar-refractivity contribution in [2.45, 2.75) is 44.6 Å². The fourth-order valence-electron chi connectivity index (χ4n) is 2.07. The predicted molar refractivity (Wildman–Crippen MR) is 62.1 cm³/mol. The summed E-state index contributed by atoms with van der Waals surface area (Å²) in [7, 11) is -1.55. The van der Waals surface area contributed by atoms with E-state index in [0.29, 0.717) is 6.54 Å². The molecular weight excluding hydrogens is 212 g/mol. The van der Waals surface area contributed by atoms with E-state index in [1.54, 1.807) is 7.05 Å². The van der Waals surface area contributed by atoms with E-state index in [9.17, 15) is 8.42 Å². The van der Waals surface area contributed by atoms with E-state index in [1.807, 2.05) is 6.92 Å². The quantitative estimate of drug-likeness (QED) is 0.787. The third kappa shape index (κ3) is 3.43. The van der Waals surface area contributed by atoms with Crippen molar-refractivity contribution in [2.75, 3.05) is 19.3 Å². The summed E-state index contributed by atoms with van der Waals surface area (Å²) in [5.74, 6) is 0.102. The second-order valence-corrected chi connectivity index (χ2v) is 6.67. The average Bonchev–Trinajstić information content (AvgIpc) is 2.16. The molecule has 1 aliphatic rings. The lowest BCUT2D eigenvalue weighted by molar-refractivity contribution is 0.319. The molecule has 1 rings (SSSR count).